The quantitative estimate of drug-likeness (QED) is 0.796. The van der Waals surface area contributed by atoms with Crippen LogP contribution in [-0.2, 0) is 0 Å². The lowest BCUT2D eigenvalue weighted by atomic mass is 10.6. The molecule has 0 spiro atoms. The van der Waals surface area contributed by atoms with Gasteiger partial charge in [-0.25, -0.2) is 9.97 Å². The lowest BCUT2D eigenvalue weighted by Gasteiger charge is -1.97. The summed E-state index contributed by atoms with van der Waals surface area (Å²) in [5, 5.41) is 15.9. The highest BCUT2D eigenvalue weighted by Gasteiger charge is 1.99. The van der Waals surface area contributed by atoms with Crippen LogP contribution >= 0.6 is 15.9 Å². The van der Waals surface area contributed by atoms with Crippen molar-refractivity contribution < 1.29 is 0 Å². The molecular weight excluding hydrogens is 238 g/mol. The van der Waals surface area contributed by atoms with E-state index in [9.17, 15) is 0 Å². The summed E-state index contributed by atoms with van der Waals surface area (Å²) in [6, 6.07) is 0. The summed E-state index contributed by atoms with van der Waals surface area (Å²) in [6.45, 7) is 0. The number of nitrogens with zero attached hydrogens (tertiary/aromatic N) is 5. The predicted octanol–water partition coefficient (Wildman–Crippen LogP) is 0.496. The second kappa shape index (κ2) is 3.44. The Balaban J connectivity index is 2.15. The second-order valence-corrected chi connectivity index (χ2v) is 2.90. The predicted molar refractivity (Wildman–Crippen MR) is 47.2 cm³/mol. The SMILES string of the molecule is Brc1cnc(Nc2nn[nH]n2)cn1. The molecule has 2 N–H and O–H groups in total. The number of halogens is 1. The molecule has 7 nitrogen and oxygen atoms in total. The van der Waals surface area contributed by atoms with E-state index in [0.29, 0.717) is 16.4 Å². The average molecular weight is 242 g/mol. The standard InChI is InChI=1S/C5H4BrN7/c6-3-1-8-4(2-7-3)9-5-10-12-13-11-5/h1-2H,(H2,8,9,10,11,12,13). The summed E-state index contributed by atoms with van der Waals surface area (Å²) in [6.07, 6.45) is 3.13. The monoisotopic (exact) mass is 241 g/mol. The van der Waals surface area contributed by atoms with Crippen LogP contribution in [0, 0.1) is 0 Å². The van der Waals surface area contributed by atoms with Gasteiger partial charge in [-0.05, 0) is 21.1 Å². The Kier molecular flexibility index (Phi) is 2.13. The van der Waals surface area contributed by atoms with Gasteiger partial charge in [-0.15, -0.1) is 5.10 Å². The van der Waals surface area contributed by atoms with Gasteiger partial charge in [0, 0.05) is 0 Å². The zero-order chi connectivity index (χ0) is 9.10. The Labute approximate surface area is 81.1 Å². The molecule has 2 rings (SSSR count). The van der Waals surface area contributed by atoms with Gasteiger partial charge in [0.1, 0.15) is 4.60 Å². The summed E-state index contributed by atoms with van der Waals surface area (Å²) >= 11 is 3.17. The molecule has 0 atom stereocenters. The Morgan fingerprint density at radius 1 is 1.31 bits per heavy atom. The van der Waals surface area contributed by atoms with Crippen molar-refractivity contribution in [3.8, 4) is 0 Å². The minimum atomic E-state index is 0.358. The molecule has 66 valence electrons. The van der Waals surface area contributed by atoms with Crippen LogP contribution in [0.5, 0.6) is 0 Å². The summed E-state index contributed by atoms with van der Waals surface area (Å²) in [5.41, 5.74) is 0. The maximum absolute atomic E-state index is 4.01. The summed E-state index contributed by atoms with van der Waals surface area (Å²) in [5.74, 6) is 0.918. The van der Waals surface area contributed by atoms with Crippen molar-refractivity contribution in [1.82, 2.24) is 30.6 Å². The van der Waals surface area contributed by atoms with Crippen molar-refractivity contribution in [2.24, 2.45) is 0 Å². The van der Waals surface area contributed by atoms with Crippen LogP contribution in [0.3, 0.4) is 0 Å². The van der Waals surface area contributed by atoms with Crippen LogP contribution in [0.15, 0.2) is 17.0 Å². The minimum absolute atomic E-state index is 0.358. The third-order valence-corrected chi connectivity index (χ3v) is 1.62. The van der Waals surface area contributed by atoms with Crippen molar-refractivity contribution >= 4 is 27.7 Å². The number of H-pyrrole nitrogens is 1. The first-order valence-corrected chi connectivity index (χ1v) is 4.12. The molecule has 0 unspecified atom stereocenters. The molecule has 0 saturated carbocycles. The molecule has 2 aromatic heterocycles. The lowest BCUT2D eigenvalue weighted by Crippen LogP contribution is -1.95. The molecule has 0 saturated heterocycles. The topological polar surface area (TPSA) is 92.3 Å². The fourth-order valence-corrected chi connectivity index (χ4v) is 0.911. The zero-order valence-corrected chi connectivity index (χ0v) is 7.85. The van der Waals surface area contributed by atoms with E-state index in [4.69, 9.17) is 0 Å². The van der Waals surface area contributed by atoms with Gasteiger partial charge in [0.05, 0.1) is 12.4 Å². The summed E-state index contributed by atoms with van der Waals surface area (Å²) in [4.78, 5) is 7.98. The molecule has 0 bridgehead atoms. The summed E-state index contributed by atoms with van der Waals surface area (Å²) in [7, 11) is 0. The Morgan fingerprint density at radius 3 is 2.85 bits per heavy atom. The molecule has 0 fully saturated rings. The first kappa shape index (κ1) is 8.05. The normalized spacial score (nSPS) is 9.92. The third kappa shape index (κ3) is 1.96. The van der Waals surface area contributed by atoms with Crippen LogP contribution in [0.2, 0.25) is 0 Å². The molecular formula is C5H4BrN7. The number of hydrogen-bond donors (Lipinski definition) is 2. The van der Waals surface area contributed by atoms with Crippen LogP contribution in [-0.4, -0.2) is 30.6 Å². The molecule has 8 heteroatoms. The fourth-order valence-electron chi connectivity index (χ4n) is 0.706. The Hall–Kier alpha value is -1.57. The van der Waals surface area contributed by atoms with E-state index in [1.54, 1.807) is 12.4 Å². The van der Waals surface area contributed by atoms with Crippen molar-refractivity contribution in [1.29, 1.82) is 0 Å². The average Bonchev–Trinajstić information content (AvgIpc) is 2.62. The van der Waals surface area contributed by atoms with Gasteiger partial charge in [0.15, 0.2) is 5.82 Å². The largest absolute Gasteiger partial charge is 0.305 e. The van der Waals surface area contributed by atoms with Gasteiger partial charge in [0.25, 0.3) is 5.95 Å². The second-order valence-electron chi connectivity index (χ2n) is 2.08. The zero-order valence-electron chi connectivity index (χ0n) is 6.27. The van der Waals surface area contributed by atoms with Crippen molar-refractivity contribution in [3.05, 3.63) is 17.0 Å². The first-order chi connectivity index (χ1) is 6.34. The van der Waals surface area contributed by atoms with E-state index in [1.165, 1.54) is 0 Å². The van der Waals surface area contributed by atoms with Crippen LogP contribution < -0.4 is 5.32 Å². The lowest BCUT2D eigenvalue weighted by molar-refractivity contribution is 0.881. The molecule has 13 heavy (non-hydrogen) atoms. The number of rotatable bonds is 2. The number of hydrogen-bond acceptors (Lipinski definition) is 6. The third-order valence-electron chi connectivity index (χ3n) is 1.21. The number of anilines is 2. The maximum Gasteiger partial charge on any atom is 0.268 e. The Morgan fingerprint density at radius 2 is 2.23 bits per heavy atom. The molecule has 0 aliphatic heterocycles. The number of tetrazole rings is 1. The number of aromatic nitrogens is 6. The van der Waals surface area contributed by atoms with E-state index >= 15 is 0 Å². The summed E-state index contributed by atoms with van der Waals surface area (Å²) < 4.78 is 0.672. The van der Waals surface area contributed by atoms with Gasteiger partial charge in [-0.2, -0.15) is 5.21 Å². The highest BCUT2D eigenvalue weighted by atomic mass is 79.9. The molecule has 2 heterocycles. The molecule has 0 radical (unpaired) electrons. The number of nitrogens with one attached hydrogen (secondary N) is 2. The van der Waals surface area contributed by atoms with Gasteiger partial charge < -0.3 is 5.32 Å². The van der Waals surface area contributed by atoms with Gasteiger partial charge >= 0.3 is 0 Å². The van der Waals surface area contributed by atoms with E-state index < -0.39 is 0 Å². The minimum Gasteiger partial charge on any atom is -0.305 e. The van der Waals surface area contributed by atoms with Crippen LogP contribution in [0.4, 0.5) is 11.8 Å². The smallest absolute Gasteiger partial charge is 0.268 e. The van der Waals surface area contributed by atoms with Gasteiger partial charge in [-0.1, -0.05) is 5.10 Å². The first-order valence-electron chi connectivity index (χ1n) is 3.32. The van der Waals surface area contributed by atoms with E-state index in [1.807, 2.05) is 0 Å². The van der Waals surface area contributed by atoms with Crippen LogP contribution in [0.1, 0.15) is 0 Å². The van der Waals surface area contributed by atoms with E-state index in [0.717, 1.165) is 0 Å². The van der Waals surface area contributed by atoms with Crippen molar-refractivity contribution in [2.75, 3.05) is 5.32 Å². The highest BCUT2D eigenvalue weighted by Crippen LogP contribution is 2.08. The number of aromatic amines is 1. The molecule has 0 aromatic carbocycles. The Bertz CT molecular complexity index is 368. The van der Waals surface area contributed by atoms with E-state index in [-0.39, 0.29) is 0 Å². The highest BCUT2D eigenvalue weighted by molar-refractivity contribution is 9.10. The van der Waals surface area contributed by atoms with Gasteiger partial charge in [0.2, 0.25) is 0 Å². The molecule has 0 aliphatic rings. The van der Waals surface area contributed by atoms with E-state index in [2.05, 4.69) is 51.8 Å². The molecule has 0 amide bonds. The molecule has 2 aromatic rings. The molecule has 0 aliphatic carbocycles. The maximum atomic E-state index is 4.01. The van der Waals surface area contributed by atoms with Crippen molar-refractivity contribution in [3.63, 3.8) is 0 Å². The van der Waals surface area contributed by atoms with Crippen molar-refractivity contribution in [2.45, 2.75) is 0 Å². The van der Waals surface area contributed by atoms with Crippen LogP contribution in [0.25, 0.3) is 0 Å². The van der Waals surface area contributed by atoms with Gasteiger partial charge in [-0.3, -0.25) is 0 Å². The fraction of sp³-hybridized carbons (Fsp3) is 0.